The molecule has 3 rings (SSSR count). The molecule has 0 atom stereocenters. The monoisotopic (exact) mass is 442 g/mol. The number of carbonyl (C=O) groups excluding carboxylic acids is 2. The van der Waals surface area contributed by atoms with Gasteiger partial charge in [-0.25, -0.2) is 9.78 Å². The zero-order valence-electron chi connectivity index (χ0n) is 18.3. The van der Waals surface area contributed by atoms with Crippen LogP contribution in [-0.2, 0) is 22.6 Å². The Labute approximate surface area is 184 Å². The van der Waals surface area contributed by atoms with Crippen LogP contribution in [0.25, 0.3) is 4.96 Å². The number of rotatable bonds is 6. The van der Waals surface area contributed by atoms with Gasteiger partial charge in [-0.2, -0.15) is 9.61 Å². The fraction of sp³-hybridized carbons (Fsp3) is 0.409. The largest absolute Gasteiger partial charge is 0.456 e. The van der Waals surface area contributed by atoms with Crippen LogP contribution in [0.1, 0.15) is 55.7 Å². The number of hydrogen-bond donors (Lipinski definition) is 1. The normalized spacial score (nSPS) is 11.7. The summed E-state index contributed by atoms with van der Waals surface area (Å²) in [6, 6.07) is 7.76. The molecule has 0 saturated heterocycles. The highest BCUT2D eigenvalue weighted by atomic mass is 32.1. The Kier molecular flexibility index (Phi) is 6.54. The van der Waals surface area contributed by atoms with Crippen molar-refractivity contribution >= 4 is 33.9 Å². The fourth-order valence-corrected chi connectivity index (χ4v) is 3.76. The van der Waals surface area contributed by atoms with E-state index in [0.29, 0.717) is 27.8 Å². The number of anilines is 1. The number of esters is 1. The van der Waals surface area contributed by atoms with E-state index in [1.54, 1.807) is 24.3 Å². The van der Waals surface area contributed by atoms with E-state index in [1.165, 1.54) is 21.9 Å². The fourth-order valence-electron chi connectivity index (χ4n) is 2.63. The molecule has 0 radical (unpaired) electrons. The van der Waals surface area contributed by atoms with Gasteiger partial charge in [-0.05, 0) is 30.2 Å². The van der Waals surface area contributed by atoms with Crippen molar-refractivity contribution in [3.8, 4) is 0 Å². The molecule has 2 heterocycles. The first-order valence-electron chi connectivity index (χ1n) is 10.0. The van der Waals surface area contributed by atoms with Crippen molar-refractivity contribution in [3.63, 3.8) is 0 Å². The van der Waals surface area contributed by atoms with Gasteiger partial charge in [-0.1, -0.05) is 46.0 Å². The number of fused-ring (bicyclic) bond motifs is 1. The average molecular weight is 443 g/mol. The van der Waals surface area contributed by atoms with Gasteiger partial charge in [0.15, 0.2) is 0 Å². The number of ether oxygens (including phenoxy) is 1. The van der Waals surface area contributed by atoms with Gasteiger partial charge in [-0.15, -0.1) is 0 Å². The third-order valence-corrected chi connectivity index (χ3v) is 5.26. The molecule has 0 fully saturated rings. The standard InChI is InChI=1S/C22H26N4O4S/c1-13(2)10-17-25-26-18(27)11-16(24-21(26)31-17)12-30-19(28)14-6-8-15(9-7-14)23-20(29)22(3,4)5/h6-9,11,13H,10,12H2,1-5H3,(H,23,29). The van der Waals surface area contributed by atoms with Crippen LogP contribution < -0.4 is 10.9 Å². The second-order valence-electron chi connectivity index (χ2n) is 8.73. The van der Waals surface area contributed by atoms with E-state index in [-0.39, 0.29) is 18.1 Å². The summed E-state index contributed by atoms with van der Waals surface area (Å²) < 4.78 is 6.59. The van der Waals surface area contributed by atoms with Crippen LogP contribution in [0.15, 0.2) is 35.1 Å². The predicted molar refractivity (Wildman–Crippen MR) is 119 cm³/mol. The number of hydrogen-bond acceptors (Lipinski definition) is 7. The minimum Gasteiger partial charge on any atom is -0.456 e. The van der Waals surface area contributed by atoms with Crippen molar-refractivity contribution in [2.75, 3.05) is 5.32 Å². The Balaban J connectivity index is 1.65. The molecule has 1 aromatic carbocycles. The number of amides is 1. The van der Waals surface area contributed by atoms with Crippen molar-refractivity contribution in [3.05, 3.63) is 57.0 Å². The molecule has 1 N–H and O–H groups in total. The van der Waals surface area contributed by atoms with E-state index >= 15 is 0 Å². The molecule has 9 heteroatoms. The lowest BCUT2D eigenvalue weighted by atomic mass is 9.95. The first-order chi connectivity index (χ1) is 14.5. The molecule has 31 heavy (non-hydrogen) atoms. The van der Waals surface area contributed by atoms with Crippen LogP contribution in [-0.4, -0.2) is 26.5 Å². The lowest BCUT2D eigenvalue weighted by molar-refractivity contribution is -0.123. The van der Waals surface area contributed by atoms with Gasteiger partial charge < -0.3 is 10.1 Å². The van der Waals surface area contributed by atoms with Crippen LogP contribution in [0.3, 0.4) is 0 Å². The van der Waals surface area contributed by atoms with E-state index in [9.17, 15) is 14.4 Å². The molecule has 0 aliphatic heterocycles. The number of nitrogens with one attached hydrogen (secondary N) is 1. The molecule has 2 aromatic heterocycles. The first-order valence-corrected chi connectivity index (χ1v) is 10.8. The van der Waals surface area contributed by atoms with Gasteiger partial charge in [0.1, 0.15) is 11.6 Å². The van der Waals surface area contributed by atoms with Crippen LogP contribution in [0.4, 0.5) is 5.69 Å². The molecule has 0 saturated carbocycles. The third kappa shape index (κ3) is 5.75. The molecule has 0 unspecified atom stereocenters. The maximum atomic E-state index is 12.4. The summed E-state index contributed by atoms with van der Waals surface area (Å²) in [4.78, 5) is 41.6. The summed E-state index contributed by atoms with van der Waals surface area (Å²) in [5, 5.41) is 7.94. The molecule has 164 valence electrons. The molecule has 8 nitrogen and oxygen atoms in total. The van der Waals surface area contributed by atoms with Crippen LogP contribution in [0.2, 0.25) is 0 Å². The van der Waals surface area contributed by atoms with E-state index in [4.69, 9.17) is 4.74 Å². The SMILES string of the molecule is CC(C)Cc1nn2c(=O)cc(COC(=O)c3ccc(NC(=O)C(C)(C)C)cc3)nc2s1. The number of aromatic nitrogens is 3. The van der Waals surface area contributed by atoms with E-state index in [0.717, 1.165) is 11.4 Å². The average Bonchev–Trinajstić information content (AvgIpc) is 3.08. The molecule has 1 amide bonds. The Bertz CT molecular complexity index is 1160. The maximum absolute atomic E-state index is 12.4. The van der Waals surface area contributed by atoms with Crippen molar-refractivity contribution in [2.45, 2.75) is 47.6 Å². The van der Waals surface area contributed by atoms with Crippen molar-refractivity contribution in [1.82, 2.24) is 14.6 Å². The molecule has 0 aliphatic rings. The molecular formula is C22H26N4O4S. The van der Waals surface area contributed by atoms with Crippen LogP contribution >= 0.6 is 11.3 Å². The summed E-state index contributed by atoms with van der Waals surface area (Å²) in [5.74, 6) is -0.236. The maximum Gasteiger partial charge on any atom is 0.338 e. The molecule has 0 aliphatic carbocycles. The highest BCUT2D eigenvalue weighted by Crippen LogP contribution is 2.19. The Morgan fingerprint density at radius 3 is 2.48 bits per heavy atom. The zero-order valence-corrected chi connectivity index (χ0v) is 19.1. The number of carbonyl (C=O) groups is 2. The minimum atomic E-state index is -0.541. The Hall–Kier alpha value is -3.07. The van der Waals surface area contributed by atoms with Gasteiger partial charge in [-0.3, -0.25) is 9.59 Å². The molecule has 3 aromatic rings. The Morgan fingerprint density at radius 1 is 1.19 bits per heavy atom. The number of nitrogens with zero attached hydrogens (tertiary/aromatic N) is 3. The second-order valence-corrected chi connectivity index (χ2v) is 9.77. The van der Waals surface area contributed by atoms with Gasteiger partial charge in [0.25, 0.3) is 5.56 Å². The second kappa shape index (κ2) is 8.97. The summed E-state index contributed by atoms with van der Waals surface area (Å²) in [5.41, 5.74) is 0.480. The van der Waals surface area contributed by atoms with E-state index in [2.05, 4.69) is 29.2 Å². The van der Waals surface area contributed by atoms with Crippen LogP contribution in [0, 0.1) is 11.3 Å². The molecule has 0 bridgehead atoms. The van der Waals surface area contributed by atoms with Gasteiger partial charge >= 0.3 is 5.97 Å². The lowest BCUT2D eigenvalue weighted by Gasteiger charge is -2.17. The smallest absolute Gasteiger partial charge is 0.338 e. The van der Waals surface area contributed by atoms with Crippen molar-refractivity contribution in [1.29, 1.82) is 0 Å². The third-order valence-electron chi connectivity index (χ3n) is 4.33. The summed E-state index contributed by atoms with van der Waals surface area (Å²) in [6.07, 6.45) is 0.768. The minimum absolute atomic E-state index is 0.116. The van der Waals surface area contributed by atoms with Crippen molar-refractivity contribution < 1.29 is 14.3 Å². The first kappa shape index (κ1) is 22.6. The highest BCUT2D eigenvalue weighted by molar-refractivity contribution is 7.16. The summed E-state index contributed by atoms with van der Waals surface area (Å²) in [6.45, 7) is 9.51. The van der Waals surface area contributed by atoms with Gasteiger partial charge in [0.2, 0.25) is 10.9 Å². The Morgan fingerprint density at radius 2 is 1.87 bits per heavy atom. The van der Waals surface area contributed by atoms with E-state index < -0.39 is 11.4 Å². The lowest BCUT2D eigenvalue weighted by Crippen LogP contribution is -2.27. The summed E-state index contributed by atoms with van der Waals surface area (Å²) >= 11 is 1.36. The highest BCUT2D eigenvalue weighted by Gasteiger charge is 2.21. The molecule has 0 spiro atoms. The number of benzene rings is 1. The van der Waals surface area contributed by atoms with Gasteiger partial charge in [0, 0.05) is 23.6 Å². The predicted octanol–water partition coefficient (Wildman–Crippen LogP) is 3.69. The van der Waals surface area contributed by atoms with E-state index in [1.807, 2.05) is 20.8 Å². The topological polar surface area (TPSA) is 103 Å². The van der Waals surface area contributed by atoms with Gasteiger partial charge in [0.05, 0.1) is 11.3 Å². The quantitative estimate of drug-likeness (QED) is 0.584. The van der Waals surface area contributed by atoms with Crippen LogP contribution in [0.5, 0.6) is 0 Å². The summed E-state index contributed by atoms with van der Waals surface area (Å²) in [7, 11) is 0. The van der Waals surface area contributed by atoms with Crippen molar-refractivity contribution in [2.24, 2.45) is 11.3 Å². The molecular weight excluding hydrogens is 416 g/mol. The zero-order chi connectivity index (χ0) is 22.8.